The Balaban J connectivity index is 2.65. The summed E-state index contributed by atoms with van der Waals surface area (Å²) in [6.45, 7) is 6.32. The number of rotatable bonds is 3. The molecular formula is C10H19NO3. The summed E-state index contributed by atoms with van der Waals surface area (Å²) in [5.74, 6) is 0.301. The summed E-state index contributed by atoms with van der Waals surface area (Å²) in [6, 6.07) is 0. The van der Waals surface area contributed by atoms with Crippen molar-refractivity contribution < 1.29 is 14.6 Å². The van der Waals surface area contributed by atoms with Crippen LogP contribution in [0.2, 0.25) is 0 Å². The number of primary amides is 1. The molecule has 0 bridgehead atoms. The molecular weight excluding hydrogens is 182 g/mol. The van der Waals surface area contributed by atoms with Gasteiger partial charge in [0.05, 0.1) is 0 Å². The standard InChI is InChI=1S/C10H19NO3/c1-9(2,3)7-6-10(7,4-5-12)14-8(11)13/h7,12H,4-6H2,1-3H3,(H2,11,13). The molecule has 14 heavy (non-hydrogen) atoms. The second kappa shape index (κ2) is 3.42. The van der Waals surface area contributed by atoms with Crippen LogP contribution in [-0.4, -0.2) is 23.4 Å². The van der Waals surface area contributed by atoms with Crippen molar-refractivity contribution in [3.05, 3.63) is 0 Å². The Morgan fingerprint density at radius 1 is 1.64 bits per heavy atom. The maximum atomic E-state index is 10.7. The van der Waals surface area contributed by atoms with E-state index in [1.807, 2.05) is 0 Å². The van der Waals surface area contributed by atoms with Gasteiger partial charge < -0.3 is 15.6 Å². The lowest BCUT2D eigenvalue weighted by Crippen LogP contribution is -2.30. The van der Waals surface area contributed by atoms with Gasteiger partial charge in [-0.15, -0.1) is 0 Å². The summed E-state index contributed by atoms with van der Waals surface area (Å²) >= 11 is 0. The average Bonchev–Trinajstić information content (AvgIpc) is 2.61. The number of carbonyl (C=O) groups is 1. The third kappa shape index (κ3) is 2.18. The number of hydrogen-bond acceptors (Lipinski definition) is 3. The molecule has 0 spiro atoms. The van der Waals surface area contributed by atoms with Crippen LogP contribution in [0.15, 0.2) is 0 Å². The Morgan fingerprint density at radius 3 is 2.50 bits per heavy atom. The van der Waals surface area contributed by atoms with Crippen LogP contribution in [-0.2, 0) is 4.74 Å². The molecule has 0 aromatic rings. The van der Waals surface area contributed by atoms with Gasteiger partial charge in [-0.25, -0.2) is 4.79 Å². The third-order valence-electron chi connectivity index (χ3n) is 2.91. The molecule has 4 heteroatoms. The lowest BCUT2D eigenvalue weighted by Gasteiger charge is -2.24. The van der Waals surface area contributed by atoms with E-state index in [2.05, 4.69) is 20.8 Å². The van der Waals surface area contributed by atoms with Gasteiger partial charge in [-0.1, -0.05) is 20.8 Å². The van der Waals surface area contributed by atoms with E-state index in [1.54, 1.807) is 0 Å². The zero-order valence-corrected chi connectivity index (χ0v) is 9.04. The molecule has 3 N–H and O–H groups in total. The predicted octanol–water partition coefficient (Wildman–Crippen LogP) is 1.27. The first-order chi connectivity index (χ1) is 6.32. The van der Waals surface area contributed by atoms with Crippen molar-refractivity contribution in [3.63, 3.8) is 0 Å². The molecule has 1 aliphatic rings. The van der Waals surface area contributed by atoms with Crippen molar-refractivity contribution in [2.24, 2.45) is 17.1 Å². The number of ether oxygens (including phenoxy) is 1. The van der Waals surface area contributed by atoms with Gasteiger partial charge in [-0.3, -0.25) is 0 Å². The molecule has 0 saturated heterocycles. The molecule has 1 fully saturated rings. The highest BCUT2D eigenvalue weighted by atomic mass is 16.6. The molecule has 0 radical (unpaired) electrons. The maximum Gasteiger partial charge on any atom is 0.405 e. The lowest BCUT2D eigenvalue weighted by molar-refractivity contribution is 0.0459. The largest absolute Gasteiger partial charge is 0.443 e. The van der Waals surface area contributed by atoms with Crippen LogP contribution in [0.3, 0.4) is 0 Å². The highest BCUT2D eigenvalue weighted by Crippen LogP contribution is 2.58. The minimum Gasteiger partial charge on any atom is -0.443 e. The zero-order chi connectivity index (χ0) is 11.0. The highest BCUT2D eigenvalue weighted by molar-refractivity contribution is 5.65. The van der Waals surface area contributed by atoms with Crippen molar-refractivity contribution in [2.75, 3.05) is 6.61 Å². The minimum atomic E-state index is -0.745. The van der Waals surface area contributed by atoms with E-state index in [0.29, 0.717) is 12.3 Å². The molecule has 2 unspecified atom stereocenters. The first kappa shape index (κ1) is 11.3. The summed E-state index contributed by atoms with van der Waals surface area (Å²) in [4.78, 5) is 10.7. The number of amides is 1. The maximum absolute atomic E-state index is 10.7. The van der Waals surface area contributed by atoms with Gasteiger partial charge in [0.1, 0.15) is 5.60 Å². The topological polar surface area (TPSA) is 72.6 Å². The van der Waals surface area contributed by atoms with Crippen LogP contribution >= 0.6 is 0 Å². The van der Waals surface area contributed by atoms with Gasteiger partial charge in [-0.05, 0) is 11.8 Å². The third-order valence-corrected chi connectivity index (χ3v) is 2.91. The van der Waals surface area contributed by atoms with Crippen molar-refractivity contribution in [1.82, 2.24) is 0 Å². The van der Waals surface area contributed by atoms with E-state index in [-0.39, 0.29) is 12.0 Å². The van der Waals surface area contributed by atoms with Gasteiger partial charge in [0.15, 0.2) is 0 Å². The van der Waals surface area contributed by atoms with E-state index in [4.69, 9.17) is 15.6 Å². The summed E-state index contributed by atoms with van der Waals surface area (Å²) < 4.78 is 5.11. The lowest BCUT2D eigenvalue weighted by atomic mass is 9.87. The molecule has 0 aliphatic heterocycles. The fourth-order valence-corrected chi connectivity index (χ4v) is 2.21. The fraction of sp³-hybridized carbons (Fsp3) is 0.900. The Bertz CT molecular complexity index is 234. The number of hydrogen-bond donors (Lipinski definition) is 2. The molecule has 1 amide bonds. The van der Waals surface area contributed by atoms with Gasteiger partial charge in [0.25, 0.3) is 0 Å². The second-order valence-electron chi connectivity index (χ2n) is 5.08. The van der Waals surface area contributed by atoms with Gasteiger partial charge in [-0.2, -0.15) is 0 Å². The minimum absolute atomic E-state index is 0.0276. The fourth-order valence-electron chi connectivity index (χ4n) is 2.21. The second-order valence-corrected chi connectivity index (χ2v) is 5.08. The Morgan fingerprint density at radius 2 is 2.21 bits per heavy atom. The zero-order valence-electron chi connectivity index (χ0n) is 9.04. The van der Waals surface area contributed by atoms with Crippen molar-refractivity contribution in [2.45, 2.75) is 39.2 Å². The van der Waals surface area contributed by atoms with Crippen LogP contribution in [0, 0.1) is 11.3 Å². The van der Waals surface area contributed by atoms with Crippen molar-refractivity contribution in [3.8, 4) is 0 Å². The normalized spacial score (nSPS) is 31.3. The summed E-state index contributed by atoms with van der Waals surface area (Å²) in [6.07, 6.45) is 0.544. The van der Waals surface area contributed by atoms with Gasteiger partial charge in [0, 0.05) is 18.9 Å². The van der Waals surface area contributed by atoms with Crippen LogP contribution in [0.4, 0.5) is 4.79 Å². The van der Waals surface area contributed by atoms with Crippen molar-refractivity contribution >= 4 is 6.09 Å². The Kier molecular flexibility index (Phi) is 2.76. The van der Waals surface area contributed by atoms with Crippen molar-refractivity contribution in [1.29, 1.82) is 0 Å². The van der Waals surface area contributed by atoms with E-state index >= 15 is 0 Å². The van der Waals surface area contributed by atoms with Crippen LogP contribution in [0.5, 0.6) is 0 Å². The number of nitrogens with two attached hydrogens (primary N) is 1. The molecule has 0 aromatic carbocycles. The van der Waals surface area contributed by atoms with E-state index in [1.165, 1.54) is 0 Å². The molecule has 1 saturated carbocycles. The molecule has 0 aromatic heterocycles. The number of aliphatic hydroxyl groups excluding tert-OH is 1. The number of aliphatic hydroxyl groups is 1. The first-order valence-corrected chi connectivity index (χ1v) is 4.91. The van der Waals surface area contributed by atoms with E-state index in [0.717, 1.165) is 6.42 Å². The Hall–Kier alpha value is -0.770. The quantitative estimate of drug-likeness (QED) is 0.722. The molecule has 2 atom stereocenters. The van der Waals surface area contributed by atoms with E-state index < -0.39 is 11.7 Å². The van der Waals surface area contributed by atoms with Crippen LogP contribution in [0.25, 0.3) is 0 Å². The van der Waals surface area contributed by atoms with Crippen LogP contribution < -0.4 is 5.73 Å². The average molecular weight is 201 g/mol. The molecule has 82 valence electrons. The summed E-state index contributed by atoms with van der Waals surface area (Å²) in [5, 5.41) is 8.91. The smallest absolute Gasteiger partial charge is 0.405 e. The monoisotopic (exact) mass is 201 g/mol. The SMILES string of the molecule is CC(C)(C)C1CC1(CCO)OC(N)=O. The molecule has 4 nitrogen and oxygen atoms in total. The summed E-state index contributed by atoms with van der Waals surface area (Å²) in [5.41, 5.74) is 4.60. The molecule has 0 heterocycles. The first-order valence-electron chi connectivity index (χ1n) is 4.91. The van der Waals surface area contributed by atoms with Gasteiger partial charge in [0.2, 0.25) is 0 Å². The highest BCUT2D eigenvalue weighted by Gasteiger charge is 2.61. The molecule has 1 rings (SSSR count). The van der Waals surface area contributed by atoms with Crippen LogP contribution in [0.1, 0.15) is 33.6 Å². The number of carbonyl (C=O) groups excluding carboxylic acids is 1. The van der Waals surface area contributed by atoms with E-state index in [9.17, 15) is 4.79 Å². The summed E-state index contributed by atoms with van der Waals surface area (Å²) in [7, 11) is 0. The Labute approximate surface area is 84.4 Å². The predicted molar refractivity (Wildman–Crippen MR) is 52.7 cm³/mol. The molecule has 1 aliphatic carbocycles. The van der Waals surface area contributed by atoms with Gasteiger partial charge >= 0.3 is 6.09 Å².